The summed E-state index contributed by atoms with van der Waals surface area (Å²) in [4.78, 5) is 27.9. The minimum absolute atomic E-state index is 0.505. The third-order valence-electron chi connectivity index (χ3n) is 3.85. The Balaban J connectivity index is 1.67. The summed E-state index contributed by atoms with van der Waals surface area (Å²) in [7, 11) is 0. The lowest BCUT2D eigenvalue weighted by atomic mass is 10.1. The number of amides is 3. The van der Waals surface area contributed by atoms with Gasteiger partial charge in [0, 0.05) is 18.1 Å². The Morgan fingerprint density at radius 1 is 0.846 bits per heavy atom. The van der Waals surface area contributed by atoms with E-state index in [0.717, 1.165) is 11.1 Å². The van der Waals surface area contributed by atoms with Gasteiger partial charge < -0.3 is 16.4 Å². The molecule has 1 atom stereocenters. The molecule has 0 aliphatic rings. The van der Waals surface area contributed by atoms with Crippen molar-refractivity contribution in [1.82, 2.24) is 10.3 Å². The van der Waals surface area contributed by atoms with Crippen molar-refractivity contribution in [3.8, 4) is 11.1 Å². The molecule has 3 aromatic rings. The van der Waals surface area contributed by atoms with Crippen LogP contribution < -0.4 is 16.4 Å². The predicted octanol–water partition coefficient (Wildman–Crippen LogP) is 3.10. The molecule has 0 aliphatic carbocycles. The molecule has 0 saturated carbocycles. The fourth-order valence-electron chi connectivity index (χ4n) is 2.55. The van der Waals surface area contributed by atoms with E-state index in [1.807, 2.05) is 30.3 Å². The predicted molar refractivity (Wildman–Crippen MR) is 100 cm³/mol. The van der Waals surface area contributed by atoms with Crippen molar-refractivity contribution in [3.05, 3.63) is 84.7 Å². The Morgan fingerprint density at radius 3 is 2.08 bits per heavy atom. The van der Waals surface area contributed by atoms with Gasteiger partial charge in [0.05, 0.1) is 0 Å². The number of primary amides is 1. The molecule has 0 bridgehead atoms. The van der Waals surface area contributed by atoms with Crippen LogP contribution >= 0.6 is 0 Å². The number of pyridine rings is 1. The van der Waals surface area contributed by atoms with Gasteiger partial charge in [-0.1, -0.05) is 42.5 Å². The number of rotatable bonds is 5. The molecule has 3 amide bonds. The number of nitrogens with zero attached hydrogens (tertiary/aromatic N) is 1. The molecule has 0 fully saturated rings. The number of benzene rings is 2. The summed E-state index contributed by atoms with van der Waals surface area (Å²) in [5, 5.41) is 5.30. The number of nitrogens with two attached hydrogens (primary N) is 1. The van der Waals surface area contributed by atoms with E-state index in [-0.39, 0.29) is 0 Å². The lowest BCUT2D eigenvalue weighted by Gasteiger charge is -2.16. The number of aromatic nitrogens is 1. The van der Waals surface area contributed by atoms with Crippen LogP contribution in [0, 0.1) is 0 Å². The summed E-state index contributed by atoms with van der Waals surface area (Å²) in [6.07, 6.45) is 3.45. The largest absolute Gasteiger partial charge is 0.368 e. The number of hydrogen-bond donors (Lipinski definition) is 3. The van der Waals surface area contributed by atoms with Crippen molar-refractivity contribution in [3.63, 3.8) is 0 Å². The molecule has 3 rings (SSSR count). The zero-order valence-corrected chi connectivity index (χ0v) is 13.9. The molecule has 130 valence electrons. The Bertz CT molecular complexity index is 881. The molecule has 0 saturated heterocycles. The van der Waals surface area contributed by atoms with Gasteiger partial charge in [-0.15, -0.1) is 0 Å². The van der Waals surface area contributed by atoms with E-state index < -0.39 is 18.0 Å². The molecule has 0 spiro atoms. The SMILES string of the molecule is NC(=O)[C@@H](NC(=O)Nc1ccc(-c2ccncc2)cc1)c1ccccc1. The van der Waals surface area contributed by atoms with Gasteiger partial charge >= 0.3 is 6.03 Å². The Labute approximate surface area is 151 Å². The van der Waals surface area contributed by atoms with Crippen LogP contribution in [-0.4, -0.2) is 16.9 Å². The van der Waals surface area contributed by atoms with Crippen molar-refractivity contribution >= 4 is 17.6 Å². The van der Waals surface area contributed by atoms with E-state index in [9.17, 15) is 9.59 Å². The molecule has 2 aromatic carbocycles. The van der Waals surface area contributed by atoms with Crippen molar-refractivity contribution < 1.29 is 9.59 Å². The minimum atomic E-state index is -0.896. The van der Waals surface area contributed by atoms with Gasteiger partial charge in [-0.25, -0.2) is 4.79 Å². The summed E-state index contributed by atoms with van der Waals surface area (Å²) >= 11 is 0. The zero-order chi connectivity index (χ0) is 18.4. The highest BCUT2D eigenvalue weighted by molar-refractivity contribution is 5.94. The van der Waals surface area contributed by atoms with E-state index in [1.54, 1.807) is 48.8 Å². The van der Waals surface area contributed by atoms with E-state index in [0.29, 0.717) is 11.3 Å². The number of nitrogens with one attached hydrogen (secondary N) is 2. The lowest BCUT2D eigenvalue weighted by molar-refractivity contribution is -0.119. The standard InChI is InChI=1S/C20H18N4O2/c21-19(25)18(16-4-2-1-3-5-16)24-20(26)23-17-8-6-14(7-9-17)15-10-12-22-13-11-15/h1-13,18H,(H2,21,25)(H2,23,24,26)/t18-/m0/s1. The van der Waals surface area contributed by atoms with Crippen LogP contribution in [0.3, 0.4) is 0 Å². The smallest absolute Gasteiger partial charge is 0.320 e. The maximum atomic E-state index is 12.2. The van der Waals surface area contributed by atoms with Gasteiger partial charge in [0.15, 0.2) is 0 Å². The molecule has 4 N–H and O–H groups in total. The Kier molecular flexibility index (Phi) is 5.24. The highest BCUT2D eigenvalue weighted by atomic mass is 16.2. The zero-order valence-electron chi connectivity index (χ0n) is 13.9. The van der Waals surface area contributed by atoms with Crippen LogP contribution in [0.2, 0.25) is 0 Å². The number of anilines is 1. The van der Waals surface area contributed by atoms with Gasteiger partial charge in [-0.2, -0.15) is 0 Å². The first-order valence-electron chi connectivity index (χ1n) is 8.06. The third kappa shape index (κ3) is 4.24. The summed E-state index contributed by atoms with van der Waals surface area (Å²) in [5.41, 5.74) is 8.69. The molecule has 26 heavy (non-hydrogen) atoms. The molecular weight excluding hydrogens is 328 g/mol. The van der Waals surface area contributed by atoms with Crippen LogP contribution in [0.1, 0.15) is 11.6 Å². The molecule has 0 unspecified atom stereocenters. The molecule has 0 aliphatic heterocycles. The number of urea groups is 1. The lowest BCUT2D eigenvalue weighted by Crippen LogP contribution is -2.39. The number of carbonyl (C=O) groups is 2. The van der Waals surface area contributed by atoms with Crippen LogP contribution in [0.25, 0.3) is 11.1 Å². The summed E-state index contributed by atoms with van der Waals surface area (Å²) < 4.78 is 0. The van der Waals surface area contributed by atoms with Crippen molar-refractivity contribution in [2.45, 2.75) is 6.04 Å². The first-order chi connectivity index (χ1) is 12.6. The molecule has 6 nitrogen and oxygen atoms in total. The molecule has 0 radical (unpaired) electrons. The summed E-state index contributed by atoms with van der Waals surface area (Å²) in [6.45, 7) is 0. The Hall–Kier alpha value is -3.67. The fourth-order valence-corrected chi connectivity index (χ4v) is 2.55. The highest BCUT2D eigenvalue weighted by Crippen LogP contribution is 2.20. The number of carbonyl (C=O) groups excluding carboxylic acids is 2. The third-order valence-corrected chi connectivity index (χ3v) is 3.85. The second kappa shape index (κ2) is 7.94. The first-order valence-corrected chi connectivity index (χ1v) is 8.06. The van der Waals surface area contributed by atoms with Gasteiger partial charge in [0.25, 0.3) is 0 Å². The van der Waals surface area contributed by atoms with Crippen molar-refractivity contribution in [1.29, 1.82) is 0 Å². The average molecular weight is 346 g/mol. The molecule has 1 heterocycles. The molecular formula is C20H18N4O2. The van der Waals surface area contributed by atoms with Crippen LogP contribution in [-0.2, 0) is 4.79 Å². The highest BCUT2D eigenvalue weighted by Gasteiger charge is 2.19. The van der Waals surface area contributed by atoms with E-state index >= 15 is 0 Å². The normalized spacial score (nSPS) is 11.4. The van der Waals surface area contributed by atoms with Gasteiger partial charge in [-0.05, 0) is 41.0 Å². The van der Waals surface area contributed by atoms with Crippen LogP contribution in [0.4, 0.5) is 10.5 Å². The van der Waals surface area contributed by atoms with Gasteiger partial charge in [0.1, 0.15) is 6.04 Å². The van der Waals surface area contributed by atoms with Gasteiger partial charge in [-0.3, -0.25) is 9.78 Å². The first kappa shape index (κ1) is 17.2. The van der Waals surface area contributed by atoms with E-state index in [4.69, 9.17) is 5.73 Å². The van der Waals surface area contributed by atoms with Crippen molar-refractivity contribution in [2.24, 2.45) is 5.73 Å². The quantitative estimate of drug-likeness (QED) is 0.662. The van der Waals surface area contributed by atoms with Crippen LogP contribution in [0.15, 0.2) is 79.1 Å². The second-order valence-electron chi connectivity index (χ2n) is 5.66. The summed E-state index contributed by atoms with van der Waals surface area (Å²) in [5.74, 6) is -0.626. The minimum Gasteiger partial charge on any atom is -0.368 e. The maximum Gasteiger partial charge on any atom is 0.320 e. The maximum absolute atomic E-state index is 12.2. The average Bonchev–Trinajstić information content (AvgIpc) is 2.68. The second-order valence-corrected chi connectivity index (χ2v) is 5.66. The Morgan fingerprint density at radius 2 is 1.46 bits per heavy atom. The molecule has 1 aromatic heterocycles. The van der Waals surface area contributed by atoms with E-state index in [1.165, 1.54) is 0 Å². The van der Waals surface area contributed by atoms with E-state index in [2.05, 4.69) is 15.6 Å². The summed E-state index contributed by atoms with van der Waals surface area (Å²) in [6, 6.07) is 18.6. The van der Waals surface area contributed by atoms with Gasteiger partial charge in [0.2, 0.25) is 5.91 Å². The van der Waals surface area contributed by atoms with Crippen LogP contribution in [0.5, 0.6) is 0 Å². The fraction of sp³-hybridized carbons (Fsp3) is 0.0500. The topological polar surface area (TPSA) is 97.1 Å². The monoisotopic (exact) mass is 346 g/mol. The molecule has 6 heteroatoms. The number of hydrogen-bond acceptors (Lipinski definition) is 3. The van der Waals surface area contributed by atoms with Crippen molar-refractivity contribution in [2.75, 3.05) is 5.32 Å².